The van der Waals surface area contributed by atoms with Crippen molar-refractivity contribution >= 4 is 5.78 Å². The zero-order valence-corrected chi connectivity index (χ0v) is 16.7. The lowest BCUT2D eigenvalue weighted by Gasteiger charge is -2.41. The minimum Gasteiger partial charge on any atom is -0.394 e. The molecule has 0 saturated heterocycles. The Balaban J connectivity index is 0.000000547. The highest BCUT2D eigenvalue weighted by Crippen LogP contribution is 2.42. The van der Waals surface area contributed by atoms with Gasteiger partial charge in [0.25, 0.3) is 0 Å². The second kappa shape index (κ2) is 13.3. The molecule has 0 bridgehead atoms. The fourth-order valence-electron chi connectivity index (χ4n) is 2.82. The molecule has 1 rings (SSSR count). The molecule has 146 valence electrons. The minimum absolute atomic E-state index is 0.174. The Morgan fingerprint density at radius 2 is 2.04 bits per heavy atom. The Labute approximate surface area is 154 Å². The van der Waals surface area contributed by atoms with E-state index in [2.05, 4.69) is 20.8 Å². The standard InChI is InChI=1S/C13H26O3.C8H12O/c1-10(2)13(3)6-4-5-12(7-13)16-9-11(15)8-14;1-3-5-6-7-8(9)4-2/h10-12,14-15H,4-9H2,1-3H3;3,5-7H,4H2,1-2H3. The van der Waals surface area contributed by atoms with Crippen LogP contribution in [0.15, 0.2) is 24.3 Å². The van der Waals surface area contributed by atoms with E-state index in [9.17, 15) is 9.90 Å². The molecule has 0 radical (unpaired) electrons. The van der Waals surface area contributed by atoms with E-state index in [0.717, 1.165) is 12.8 Å². The number of aliphatic hydroxyl groups is 2. The summed E-state index contributed by atoms with van der Waals surface area (Å²) in [6.45, 7) is 10.7. The number of carbonyl (C=O) groups excluding carboxylic acids is 1. The molecular weight excluding hydrogens is 316 g/mol. The van der Waals surface area contributed by atoms with Crippen LogP contribution in [0.1, 0.15) is 66.7 Å². The first-order valence-electron chi connectivity index (χ1n) is 9.51. The third-order valence-electron chi connectivity index (χ3n) is 5.03. The summed E-state index contributed by atoms with van der Waals surface area (Å²) in [5.74, 6) is 0.842. The molecule has 4 heteroatoms. The highest BCUT2D eigenvalue weighted by molar-refractivity contribution is 5.89. The predicted molar refractivity (Wildman–Crippen MR) is 103 cm³/mol. The number of rotatable bonds is 8. The molecule has 4 nitrogen and oxygen atoms in total. The maximum atomic E-state index is 10.6. The first kappa shape index (κ1) is 24.0. The second-order valence-corrected chi connectivity index (χ2v) is 7.40. The maximum absolute atomic E-state index is 10.6. The molecule has 3 unspecified atom stereocenters. The second-order valence-electron chi connectivity index (χ2n) is 7.40. The molecule has 0 heterocycles. The van der Waals surface area contributed by atoms with Gasteiger partial charge in [-0.1, -0.05) is 52.3 Å². The summed E-state index contributed by atoms with van der Waals surface area (Å²) in [6.07, 6.45) is 11.8. The van der Waals surface area contributed by atoms with Gasteiger partial charge >= 0.3 is 0 Å². The molecule has 1 fully saturated rings. The van der Waals surface area contributed by atoms with E-state index in [1.807, 2.05) is 26.0 Å². The zero-order valence-electron chi connectivity index (χ0n) is 16.7. The van der Waals surface area contributed by atoms with Crippen molar-refractivity contribution in [2.45, 2.75) is 78.9 Å². The summed E-state index contributed by atoms with van der Waals surface area (Å²) in [5.41, 5.74) is 0.368. The Morgan fingerprint density at radius 3 is 2.56 bits per heavy atom. The molecule has 0 aromatic carbocycles. The van der Waals surface area contributed by atoms with E-state index in [-0.39, 0.29) is 25.1 Å². The van der Waals surface area contributed by atoms with E-state index >= 15 is 0 Å². The van der Waals surface area contributed by atoms with Crippen LogP contribution in [-0.4, -0.2) is 41.4 Å². The van der Waals surface area contributed by atoms with Crippen molar-refractivity contribution in [2.75, 3.05) is 13.2 Å². The summed E-state index contributed by atoms with van der Waals surface area (Å²) >= 11 is 0. The zero-order chi connectivity index (χ0) is 19.3. The Kier molecular flexibility index (Phi) is 12.7. The van der Waals surface area contributed by atoms with Gasteiger partial charge in [-0.25, -0.2) is 0 Å². The summed E-state index contributed by atoms with van der Waals surface area (Å²) in [6, 6.07) is 0. The normalized spacial score (nSPS) is 25.2. The fraction of sp³-hybridized carbons (Fsp3) is 0.762. The van der Waals surface area contributed by atoms with Crippen molar-refractivity contribution in [1.29, 1.82) is 0 Å². The van der Waals surface area contributed by atoms with E-state index < -0.39 is 6.10 Å². The Bertz CT molecular complexity index is 414. The first-order valence-corrected chi connectivity index (χ1v) is 9.51. The van der Waals surface area contributed by atoms with Gasteiger partial charge in [0.05, 0.1) is 19.3 Å². The molecule has 0 aromatic rings. The smallest absolute Gasteiger partial charge is 0.155 e. The first-order chi connectivity index (χ1) is 11.8. The molecular formula is C21H38O4. The van der Waals surface area contributed by atoms with Crippen molar-refractivity contribution in [3.05, 3.63) is 24.3 Å². The SMILES string of the molecule is CC(C)C1(C)CCCC(OCC(O)CO)C1.CC=CC=CC(=O)CC. The molecule has 2 N–H and O–H groups in total. The van der Waals surface area contributed by atoms with Crippen LogP contribution in [0.5, 0.6) is 0 Å². The van der Waals surface area contributed by atoms with Crippen molar-refractivity contribution < 1.29 is 19.7 Å². The van der Waals surface area contributed by atoms with Crippen LogP contribution in [0.4, 0.5) is 0 Å². The molecule has 1 saturated carbocycles. The summed E-state index contributed by atoms with van der Waals surface area (Å²) in [4.78, 5) is 10.6. The van der Waals surface area contributed by atoms with Gasteiger partial charge in [-0.05, 0) is 43.6 Å². The number of carbonyl (C=O) groups is 1. The highest BCUT2D eigenvalue weighted by Gasteiger charge is 2.35. The van der Waals surface area contributed by atoms with Crippen LogP contribution in [0.2, 0.25) is 0 Å². The quantitative estimate of drug-likeness (QED) is 0.509. The summed E-state index contributed by atoms with van der Waals surface area (Å²) in [5, 5.41) is 18.0. The third-order valence-corrected chi connectivity index (χ3v) is 5.03. The van der Waals surface area contributed by atoms with Gasteiger partial charge in [-0.15, -0.1) is 0 Å². The van der Waals surface area contributed by atoms with E-state index in [4.69, 9.17) is 9.84 Å². The van der Waals surface area contributed by atoms with E-state index in [1.165, 1.54) is 12.8 Å². The van der Waals surface area contributed by atoms with Gasteiger partial charge < -0.3 is 14.9 Å². The Morgan fingerprint density at radius 1 is 1.36 bits per heavy atom. The molecule has 25 heavy (non-hydrogen) atoms. The largest absolute Gasteiger partial charge is 0.394 e. The van der Waals surface area contributed by atoms with Gasteiger partial charge in [0.15, 0.2) is 5.78 Å². The third kappa shape index (κ3) is 10.6. The van der Waals surface area contributed by atoms with Crippen molar-refractivity contribution in [3.63, 3.8) is 0 Å². The monoisotopic (exact) mass is 354 g/mol. The summed E-state index contributed by atoms with van der Waals surface area (Å²) < 4.78 is 5.67. The van der Waals surface area contributed by atoms with Gasteiger partial charge in [-0.2, -0.15) is 0 Å². The number of ketones is 1. The lowest BCUT2D eigenvalue weighted by atomic mass is 9.67. The number of aliphatic hydroxyl groups excluding tert-OH is 2. The number of allylic oxidation sites excluding steroid dienone is 4. The van der Waals surface area contributed by atoms with Gasteiger partial charge in [0.2, 0.25) is 0 Å². The van der Waals surface area contributed by atoms with Crippen LogP contribution in [0.3, 0.4) is 0 Å². The van der Waals surface area contributed by atoms with Crippen LogP contribution >= 0.6 is 0 Å². The van der Waals surface area contributed by atoms with Crippen LogP contribution in [0.25, 0.3) is 0 Å². The lowest BCUT2D eigenvalue weighted by molar-refractivity contribution is -0.114. The average molecular weight is 355 g/mol. The van der Waals surface area contributed by atoms with E-state index in [1.54, 1.807) is 12.2 Å². The number of hydrogen-bond acceptors (Lipinski definition) is 4. The maximum Gasteiger partial charge on any atom is 0.155 e. The molecule has 1 aliphatic rings. The topological polar surface area (TPSA) is 66.8 Å². The number of ether oxygens (including phenoxy) is 1. The van der Waals surface area contributed by atoms with Crippen LogP contribution in [-0.2, 0) is 9.53 Å². The molecule has 0 aliphatic heterocycles. The van der Waals surface area contributed by atoms with Gasteiger partial charge in [-0.3, -0.25) is 4.79 Å². The Hall–Kier alpha value is -0.970. The average Bonchev–Trinajstić information content (AvgIpc) is 2.60. The molecule has 3 atom stereocenters. The van der Waals surface area contributed by atoms with Crippen molar-refractivity contribution in [1.82, 2.24) is 0 Å². The lowest BCUT2D eigenvalue weighted by Crippen LogP contribution is -2.36. The van der Waals surface area contributed by atoms with Crippen LogP contribution in [0, 0.1) is 11.3 Å². The fourth-order valence-corrected chi connectivity index (χ4v) is 2.82. The summed E-state index contributed by atoms with van der Waals surface area (Å²) in [7, 11) is 0. The highest BCUT2D eigenvalue weighted by atomic mass is 16.5. The van der Waals surface area contributed by atoms with Crippen LogP contribution < -0.4 is 0 Å². The molecule has 0 amide bonds. The number of hydrogen-bond donors (Lipinski definition) is 2. The van der Waals surface area contributed by atoms with E-state index in [0.29, 0.717) is 17.8 Å². The van der Waals surface area contributed by atoms with Crippen molar-refractivity contribution in [2.24, 2.45) is 11.3 Å². The molecule has 0 spiro atoms. The van der Waals surface area contributed by atoms with Gasteiger partial charge in [0.1, 0.15) is 6.10 Å². The predicted octanol–water partition coefficient (Wildman–Crippen LogP) is 4.06. The van der Waals surface area contributed by atoms with Crippen molar-refractivity contribution in [3.8, 4) is 0 Å². The minimum atomic E-state index is -0.729. The molecule has 0 aromatic heterocycles. The van der Waals surface area contributed by atoms with Gasteiger partial charge in [0, 0.05) is 6.42 Å². The molecule has 1 aliphatic carbocycles.